The van der Waals surface area contributed by atoms with Gasteiger partial charge in [-0.3, -0.25) is 4.79 Å². The minimum absolute atomic E-state index is 0.151. The number of likely N-dealkylation sites (tertiary alicyclic amines) is 1. The van der Waals surface area contributed by atoms with Gasteiger partial charge in [0.25, 0.3) is 0 Å². The lowest BCUT2D eigenvalue weighted by Gasteiger charge is -2.30. The van der Waals surface area contributed by atoms with Crippen molar-refractivity contribution in [2.75, 3.05) is 13.1 Å². The number of hydrogen-bond donors (Lipinski definition) is 0. The molecule has 5 heteroatoms. The largest absolute Gasteiger partial charge is 0.461 e. The molecule has 1 aromatic carbocycles. The first-order valence-corrected chi connectivity index (χ1v) is 8.49. The number of fused-ring (bicyclic) bond motifs is 1. The topological polar surface area (TPSA) is 51.3 Å². The van der Waals surface area contributed by atoms with Crippen LogP contribution in [0.3, 0.4) is 0 Å². The van der Waals surface area contributed by atoms with Gasteiger partial charge in [-0.25, -0.2) is 4.98 Å². The molecule has 0 N–H and O–H groups in total. The van der Waals surface area contributed by atoms with Crippen LogP contribution < -0.4 is 0 Å². The van der Waals surface area contributed by atoms with Crippen LogP contribution in [0.5, 0.6) is 0 Å². The fraction of sp³-hybridized carbons (Fsp3) is 0.368. The molecule has 1 amide bonds. The molecule has 4 rings (SSSR count). The first-order valence-electron chi connectivity index (χ1n) is 8.49. The fourth-order valence-corrected chi connectivity index (χ4v) is 3.32. The second kappa shape index (κ2) is 6.15. The zero-order valence-corrected chi connectivity index (χ0v) is 13.8. The summed E-state index contributed by atoms with van der Waals surface area (Å²) in [6, 6.07) is 11.6. The van der Waals surface area contributed by atoms with E-state index < -0.39 is 0 Å². The molecule has 3 aromatic rings. The highest BCUT2D eigenvalue weighted by atomic mass is 16.3. The maximum absolute atomic E-state index is 12.8. The Morgan fingerprint density at radius 1 is 1.21 bits per heavy atom. The molecule has 0 saturated carbocycles. The molecule has 1 aliphatic heterocycles. The van der Waals surface area contributed by atoms with Gasteiger partial charge in [0.1, 0.15) is 6.54 Å². The first-order chi connectivity index (χ1) is 11.7. The Kier molecular flexibility index (Phi) is 3.84. The summed E-state index contributed by atoms with van der Waals surface area (Å²) < 4.78 is 7.49. The Hall–Kier alpha value is -2.56. The molecule has 24 heavy (non-hydrogen) atoms. The minimum Gasteiger partial charge on any atom is -0.461 e. The molecule has 0 spiro atoms. The zero-order valence-electron chi connectivity index (χ0n) is 13.8. The number of carbonyl (C=O) groups is 1. The molecular weight excluding hydrogens is 302 g/mol. The fourth-order valence-electron chi connectivity index (χ4n) is 3.32. The van der Waals surface area contributed by atoms with Crippen LogP contribution in [0, 0.1) is 5.92 Å². The van der Waals surface area contributed by atoms with Crippen LogP contribution >= 0.6 is 0 Å². The van der Waals surface area contributed by atoms with Crippen LogP contribution in [0.15, 0.2) is 47.1 Å². The molecule has 124 valence electrons. The van der Waals surface area contributed by atoms with Gasteiger partial charge in [0.15, 0.2) is 11.6 Å². The first kappa shape index (κ1) is 15.0. The summed E-state index contributed by atoms with van der Waals surface area (Å²) in [6.07, 6.45) is 3.80. The number of hydrogen-bond acceptors (Lipinski definition) is 3. The predicted octanol–water partition coefficient (Wildman–Crippen LogP) is 3.55. The highest BCUT2D eigenvalue weighted by molar-refractivity contribution is 5.84. The zero-order chi connectivity index (χ0) is 16.5. The second-order valence-corrected chi connectivity index (χ2v) is 6.55. The number of carbonyl (C=O) groups excluding carboxylic acids is 1. The van der Waals surface area contributed by atoms with Crippen molar-refractivity contribution >= 4 is 16.9 Å². The van der Waals surface area contributed by atoms with Crippen LogP contribution in [0.1, 0.15) is 19.8 Å². The molecule has 0 bridgehead atoms. The molecule has 0 radical (unpaired) electrons. The molecule has 3 heterocycles. The van der Waals surface area contributed by atoms with Gasteiger partial charge in [-0.15, -0.1) is 0 Å². The Morgan fingerprint density at radius 2 is 2.00 bits per heavy atom. The van der Waals surface area contributed by atoms with Crippen molar-refractivity contribution in [3.8, 4) is 11.6 Å². The van der Waals surface area contributed by atoms with Crippen molar-refractivity contribution in [2.45, 2.75) is 26.3 Å². The van der Waals surface area contributed by atoms with Crippen LogP contribution in [-0.2, 0) is 11.3 Å². The number of benzene rings is 1. The summed E-state index contributed by atoms with van der Waals surface area (Å²) in [5, 5.41) is 0. The average molecular weight is 323 g/mol. The number of piperidine rings is 1. The van der Waals surface area contributed by atoms with E-state index in [1.54, 1.807) is 6.26 Å². The number of rotatable bonds is 3. The Bertz CT molecular complexity index is 843. The minimum atomic E-state index is 0.151. The highest BCUT2D eigenvalue weighted by Gasteiger charge is 2.23. The van der Waals surface area contributed by atoms with Crippen LogP contribution in [-0.4, -0.2) is 33.4 Å². The van der Waals surface area contributed by atoms with Gasteiger partial charge >= 0.3 is 0 Å². The molecule has 0 atom stereocenters. The monoisotopic (exact) mass is 323 g/mol. The van der Waals surface area contributed by atoms with Gasteiger partial charge in [-0.05, 0) is 43.0 Å². The smallest absolute Gasteiger partial charge is 0.242 e. The van der Waals surface area contributed by atoms with E-state index in [4.69, 9.17) is 4.42 Å². The van der Waals surface area contributed by atoms with Crippen molar-refractivity contribution < 1.29 is 9.21 Å². The van der Waals surface area contributed by atoms with Crippen LogP contribution in [0.25, 0.3) is 22.6 Å². The van der Waals surface area contributed by atoms with Gasteiger partial charge in [0.05, 0.1) is 17.3 Å². The number of furan rings is 1. The van der Waals surface area contributed by atoms with Gasteiger partial charge in [-0.1, -0.05) is 19.1 Å². The molecule has 5 nitrogen and oxygen atoms in total. The van der Waals surface area contributed by atoms with Gasteiger partial charge in [0, 0.05) is 13.1 Å². The quantitative estimate of drug-likeness (QED) is 0.740. The molecule has 2 aromatic heterocycles. The molecule has 0 aliphatic carbocycles. The second-order valence-electron chi connectivity index (χ2n) is 6.55. The lowest BCUT2D eigenvalue weighted by atomic mass is 9.99. The molecule has 0 unspecified atom stereocenters. The van der Waals surface area contributed by atoms with E-state index in [1.165, 1.54) is 0 Å². The normalized spacial score (nSPS) is 16.0. The Balaban J connectivity index is 1.67. The number of imidazole rings is 1. The maximum atomic E-state index is 12.8. The average Bonchev–Trinajstić information content (AvgIpc) is 3.23. The van der Waals surface area contributed by atoms with E-state index in [-0.39, 0.29) is 5.91 Å². The number of nitrogens with zero attached hydrogens (tertiary/aromatic N) is 3. The third-order valence-electron chi connectivity index (χ3n) is 4.83. The summed E-state index contributed by atoms with van der Waals surface area (Å²) in [6.45, 7) is 4.25. The van der Waals surface area contributed by atoms with E-state index in [9.17, 15) is 4.79 Å². The van der Waals surface area contributed by atoms with Crippen molar-refractivity contribution in [3.05, 3.63) is 42.7 Å². The van der Waals surface area contributed by atoms with Crippen LogP contribution in [0.4, 0.5) is 0 Å². The lowest BCUT2D eigenvalue weighted by molar-refractivity contribution is -0.133. The third-order valence-corrected chi connectivity index (χ3v) is 4.83. The third kappa shape index (κ3) is 2.70. The Labute approximate surface area is 140 Å². The summed E-state index contributed by atoms with van der Waals surface area (Å²) in [5.41, 5.74) is 1.84. The van der Waals surface area contributed by atoms with E-state index in [0.29, 0.717) is 24.0 Å². The van der Waals surface area contributed by atoms with E-state index in [1.807, 2.05) is 45.9 Å². The van der Waals surface area contributed by atoms with Crippen molar-refractivity contribution in [1.82, 2.24) is 14.5 Å². The predicted molar refractivity (Wildman–Crippen MR) is 92.4 cm³/mol. The molecule has 1 aliphatic rings. The van der Waals surface area contributed by atoms with Crippen molar-refractivity contribution in [3.63, 3.8) is 0 Å². The molecule has 1 fully saturated rings. The van der Waals surface area contributed by atoms with Gasteiger partial charge in [0.2, 0.25) is 5.91 Å². The maximum Gasteiger partial charge on any atom is 0.242 e. The molecular formula is C19H21N3O2. The van der Waals surface area contributed by atoms with Crippen molar-refractivity contribution in [2.24, 2.45) is 5.92 Å². The number of para-hydroxylation sites is 2. The summed E-state index contributed by atoms with van der Waals surface area (Å²) in [7, 11) is 0. The Morgan fingerprint density at radius 3 is 2.75 bits per heavy atom. The van der Waals surface area contributed by atoms with E-state index in [0.717, 1.165) is 37.0 Å². The lowest BCUT2D eigenvalue weighted by Crippen LogP contribution is -2.39. The van der Waals surface area contributed by atoms with Crippen molar-refractivity contribution in [1.29, 1.82) is 0 Å². The summed E-state index contributed by atoms with van der Waals surface area (Å²) >= 11 is 0. The number of aromatic nitrogens is 2. The summed E-state index contributed by atoms with van der Waals surface area (Å²) in [4.78, 5) is 19.4. The SMILES string of the molecule is CC1CCN(C(=O)Cn2c(-c3ccco3)nc3ccccc32)CC1. The molecule has 1 saturated heterocycles. The van der Waals surface area contributed by atoms with Crippen LogP contribution in [0.2, 0.25) is 0 Å². The highest BCUT2D eigenvalue weighted by Crippen LogP contribution is 2.25. The van der Waals surface area contributed by atoms with Gasteiger partial charge in [-0.2, -0.15) is 0 Å². The van der Waals surface area contributed by atoms with Gasteiger partial charge < -0.3 is 13.9 Å². The van der Waals surface area contributed by atoms with E-state index in [2.05, 4.69) is 11.9 Å². The number of amides is 1. The summed E-state index contributed by atoms with van der Waals surface area (Å²) in [5.74, 6) is 2.26. The van der Waals surface area contributed by atoms with E-state index >= 15 is 0 Å². The standard InChI is InChI=1S/C19H21N3O2/c1-14-8-10-21(11-9-14)18(23)13-22-16-6-3-2-5-15(16)20-19(22)17-7-4-12-24-17/h2-7,12,14H,8-11,13H2,1H3.